The van der Waals surface area contributed by atoms with Gasteiger partial charge in [-0.2, -0.15) is 10.1 Å². The van der Waals surface area contributed by atoms with Gasteiger partial charge in [0.25, 0.3) is 0 Å². The van der Waals surface area contributed by atoms with Gasteiger partial charge in [-0.05, 0) is 37.5 Å². The van der Waals surface area contributed by atoms with E-state index in [-0.39, 0.29) is 11.9 Å². The van der Waals surface area contributed by atoms with E-state index in [9.17, 15) is 4.39 Å². The Balaban J connectivity index is 1.44. The van der Waals surface area contributed by atoms with Gasteiger partial charge in [-0.3, -0.25) is 9.67 Å². The third kappa shape index (κ3) is 3.03. The summed E-state index contributed by atoms with van der Waals surface area (Å²) in [4.78, 5) is 13.3. The molecule has 0 amide bonds. The summed E-state index contributed by atoms with van der Waals surface area (Å²) < 4.78 is 15.0. The van der Waals surface area contributed by atoms with Gasteiger partial charge in [-0.1, -0.05) is 12.1 Å². The number of nitrogens with zero attached hydrogens (tertiary/aromatic N) is 5. The van der Waals surface area contributed by atoms with Crippen LogP contribution in [0.25, 0.3) is 17.0 Å². The molecule has 1 unspecified atom stereocenters. The third-order valence-corrected chi connectivity index (χ3v) is 4.85. The first-order valence-corrected chi connectivity index (χ1v) is 8.95. The second-order valence-corrected chi connectivity index (χ2v) is 6.89. The van der Waals surface area contributed by atoms with Crippen LogP contribution in [0.15, 0.2) is 42.9 Å². The fourth-order valence-electron chi connectivity index (χ4n) is 3.13. The van der Waals surface area contributed by atoms with Crippen LogP contribution in [0.3, 0.4) is 0 Å². The van der Waals surface area contributed by atoms with Crippen molar-refractivity contribution < 1.29 is 4.39 Å². The molecule has 3 heterocycles. The molecule has 1 aromatic carbocycles. The molecular weight excluding hydrogens is 345 g/mol. The van der Waals surface area contributed by atoms with Gasteiger partial charge in [0, 0.05) is 17.7 Å². The van der Waals surface area contributed by atoms with E-state index < -0.39 is 0 Å². The lowest BCUT2D eigenvalue weighted by molar-refractivity contribution is 0.626. The van der Waals surface area contributed by atoms with E-state index in [0.717, 1.165) is 17.1 Å². The summed E-state index contributed by atoms with van der Waals surface area (Å²) in [6.07, 6.45) is 5.82. The van der Waals surface area contributed by atoms with Crippen LogP contribution in [-0.4, -0.2) is 29.7 Å². The van der Waals surface area contributed by atoms with Crippen molar-refractivity contribution in [3.8, 4) is 5.82 Å². The Morgan fingerprint density at radius 3 is 2.81 bits per heavy atom. The van der Waals surface area contributed by atoms with Crippen LogP contribution >= 0.6 is 0 Å². The minimum Gasteiger partial charge on any atom is -0.348 e. The third-order valence-electron chi connectivity index (χ3n) is 4.85. The number of nitrogens with one attached hydrogen (secondary N) is 2. The zero-order chi connectivity index (χ0) is 18.4. The molecule has 1 saturated carbocycles. The molecule has 0 spiro atoms. The molecule has 1 atom stereocenters. The second-order valence-electron chi connectivity index (χ2n) is 6.89. The molecule has 27 heavy (non-hydrogen) atoms. The number of aromatic amines is 1. The minimum atomic E-state index is -0.253. The van der Waals surface area contributed by atoms with E-state index in [4.69, 9.17) is 0 Å². The van der Waals surface area contributed by atoms with Crippen molar-refractivity contribution in [1.82, 2.24) is 29.7 Å². The predicted octanol–water partition coefficient (Wildman–Crippen LogP) is 3.73. The molecule has 2 N–H and O–H groups in total. The maximum atomic E-state index is 13.1. The van der Waals surface area contributed by atoms with Crippen molar-refractivity contribution in [2.75, 3.05) is 5.32 Å². The highest BCUT2D eigenvalue weighted by Gasteiger charge is 2.26. The highest BCUT2D eigenvalue weighted by molar-refractivity contribution is 5.72. The molecule has 0 radical (unpaired) electrons. The van der Waals surface area contributed by atoms with E-state index in [0.29, 0.717) is 23.0 Å². The van der Waals surface area contributed by atoms with E-state index >= 15 is 0 Å². The van der Waals surface area contributed by atoms with Gasteiger partial charge in [-0.15, -0.1) is 0 Å². The highest BCUT2D eigenvalue weighted by Crippen LogP contribution is 2.39. The SMILES string of the molecule is CC(Nc1ncc2ncn(-c3cc(C4CC4)[nH]n3)c2n1)c1ccc(F)cc1. The zero-order valence-electron chi connectivity index (χ0n) is 14.7. The Hall–Kier alpha value is -3.29. The molecular formula is C19H18FN7. The topological polar surface area (TPSA) is 84.3 Å². The van der Waals surface area contributed by atoms with Crippen LogP contribution in [0.1, 0.15) is 43.0 Å². The number of hydrogen-bond acceptors (Lipinski definition) is 5. The lowest BCUT2D eigenvalue weighted by Gasteiger charge is -2.14. The number of fused-ring (bicyclic) bond motifs is 1. The van der Waals surface area contributed by atoms with Crippen molar-refractivity contribution >= 4 is 17.1 Å². The number of benzene rings is 1. The maximum Gasteiger partial charge on any atom is 0.225 e. The Kier molecular flexibility index (Phi) is 3.63. The lowest BCUT2D eigenvalue weighted by atomic mass is 10.1. The van der Waals surface area contributed by atoms with Crippen molar-refractivity contribution in [3.63, 3.8) is 0 Å². The van der Waals surface area contributed by atoms with Gasteiger partial charge >= 0.3 is 0 Å². The number of imidazole rings is 1. The quantitative estimate of drug-likeness (QED) is 0.564. The van der Waals surface area contributed by atoms with Crippen LogP contribution in [-0.2, 0) is 0 Å². The summed E-state index contributed by atoms with van der Waals surface area (Å²) >= 11 is 0. The summed E-state index contributed by atoms with van der Waals surface area (Å²) in [5.74, 6) is 1.61. The Morgan fingerprint density at radius 1 is 1.22 bits per heavy atom. The smallest absolute Gasteiger partial charge is 0.225 e. The predicted molar refractivity (Wildman–Crippen MR) is 99.2 cm³/mol. The first kappa shape index (κ1) is 15.9. The van der Waals surface area contributed by atoms with E-state index in [2.05, 4.69) is 36.5 Å². The molecule has 3 aromatic heterocycles. The van der Waals surface area contributed by atoms with Crippen LogP contribution in [0.5, 0.6) is 0 Å². The maximum absolute atomic E-state index is 13.1. The normalized spacial score (nSPS) is 15.2. The highest BCUT2D eigenvalue weighted by atomic mass is 19.1. The monoisotopic (exact) mass is 363 g/mol. The Labute approximate surface area is 154 Å². The largest absolute Gasteiger partial charge is 0.348 e. The fourth-order valence-corrected chi connectivity index (χ4v) is 3.13. The summed E-state index contributed by atoms with van der Waals surface area (Å²) in [7, 11) is 0. The fraction of sp³-hybridized carbons (Fsp3) is 0.263. The number of aromatic nitrogens is 6. The van der Waals surface area contributed by atoms with E-state index in [1.54, 1.807) is 24.7 Å². The molecule has 0 bridgehead atoms. The van der Waals surface area contributed by atoms with Crippen LogP contribution in [0, 0.1) is 5.82 Å². The Bertz CT molecular complexity index is 1090. The van der Waals surface area contributed by atoms with Gasteiger partial charge in [0.1, 0.15) is 17.7 Å². The molecule has 7 nitrogen and oxygen atoms in total. The van der Waals surface area contributed by atoms with E-state index in [1.165, 1.54) is 25.0 Å². The molecule has 0 aliphatic heterocycles. The number of hydrogen-bond donors (Lipinski definition) is 2. The van der Waals surface area contributed by atoms with Crippen molar-refractivity contribution in [2.24, 2.45) is 0 Å². The molecule has 1 fully saturated rings. The molecule has 0 saturated heterocycles. The molecule has 8 heteroatoms. The van der Waals surface area contributed by atoms with Crippen LogP contribution in [0.4, 0.5) is 10.3 Å². The number of H-pyrrole nitrogens is 1. The van der Waals surface area contributed by atoms with Gasteiger partial charge in [0.15, 0.2) is 11.5 Å². The summed E-state index contributed by atoms with van der Waals surface area (Å²) in [6, 6.07) is 8.38. The molecule has 5 rings (SSSR count). The number of rotatable bonds is 5. The molecule has 4 aromatic rings. The average molecular weight is 363 g/mol. The minimum absolute atomic E-state index is 0.0636. The van der Waals surface area contributed by atoms with Gasteiger partial charge in [0.2, 0.25) is 5.95 Å². The van der Waals surface area contributed by atoms with Crippen LogP contribution in [0.2, 0.25) is 0 Å². The average Bonchev–Trinajstić information content (AvgIpc) is 3.26. The Morgan fingerprint density at radius 2 is 2.04 bits per heavy atom. The first-order chi connectivity index (χ1) is 13.2. The van der Waals surface area contributed by atoms with Gasteiger partial charge in [0.05, 0.1) is 12.2 Å². The van der Waals surface area contributed by atoms with Crippen molar-refractivity contribution in [2.45, 2.75) is 31.7 Å². The van der Waals surface area contributed by atoms with Crippen molar-refractivity contribution in [1.29, 1.82) is 0 Å². The number of anilines is 1. The first-order valence-electron chi connectivity index (χ1n) is 8.95. The van der Waals surface area contributed by atoms with E-state index in [1.807, 2.05) is 11.5 Å². The summed E-state index contributed by atoms with van der Waals surface area (Å²) in [6.45, 7) is 1.98. The standard InChI is InChI=1S/C19H18FN7/c1-11(12-4-6-14(20)7-5-12)23-19-21-9-16-18(24-19)27(10-22-16)17-8-15(25-26-17)13-2-3-13/h4-11,13H,2-3H2,1H3,(H,25,26)(H,21,23,24). The van der Waals surface area contributed by atoms with Gasteiger partial charge in [-0.25, -0.2) is 14.4 Å². The molecule has 136 valence electrons. The number of halogens is 1. The van der Waals surface area contributed by atoms with Crippen molar-refractivity contribution in [3.05, 3.63) is 59.9 Å². The lowest BCUT2D eigenvalue weighted by Crippen LogP contribution is -2.10. The summed E-state index contributed by atoms with van der Waals surface area (Å²) in [5.41, 5.74) is 3.50. The zero-order valence-corrected chi connectivity index (χ0v) is 14.7. The summed E-state index contributed by atoms with van der Waals surface area (Å²) in [5, 5.41) is 10.8. The van der Waals surface area contributed by atoms with Crippen LogP contribution < -0.4 is 5.32 Å². The van der Waals surface area contributed by atoms with Gasteiger partial charge < -0.3 is 5.32 Å². The molecule has 1 aliphatic carbocycles. The molecule has 1 aliphatic rings. The second kappa shape index (κ2) is 6.15.